The van der Waals surface area contributed by atoms with E-state index in [1.807, 2.05) is 25.1 Å². The van der Waals surface area contributed by atoms with E-state index < -0.39 is 0 Å². The van der Waals surface area contributed by atoms with Crippen LogP contribution in [0.2, 0.25) is 0 Å². The van der Waals surface area contributed by atoms with Gasteiger partial charge in [0, 0.05) is 18.7 Å². The third kappa shape index (κ3) is 6.26. The molecule has 0 spiro atoms. The monoisotopic (exact) mass is 281 g/mol. The maximum atomic E-state index is 5.72. The van der Waals surface area contributed by atoms with Gasteiger partial charge in [-0.25, -0.2) is 0 Å². The first kappa shape index (κ1) is 16.8. The molecule has 20 heavy (non-hydrogen) atoms. The van der Waals surface area contributed by atoms with Gasteiger partial charge >= 0.3 is 0 Å². The van der Waals surface area contributed by atoms with Crippen LogP contribution in [0.25, 0.3) is 0 Å². The second kappa shape index (κ2) is 8.12. The zero-order chi connectivity index (χ0) is 15.0. The van der Waals surface area contributed by atoms with E-state index in [1.165, 1.54) is 5.56 Å². The van der Waals surface area contributed by atoms with Gasteiger partial charge in [-0.3, -0.25) is 0 Å². The second-order valence-corrected chi connectivity index (χ2v) is 5.63. The summed E-state index contributed by atoms with van der Waals surface area (Å²) in [5.74, 6) is 1.52. The average Bonchev–Trinajstić information content (AvgIpc) is 2.40. The van der Waals surface area contributed by atoms with Gasteiger partial charge in [0.1, 0.15) is 6.61 Å². The Morgan fingerprint density at radius 2 is 1.85 bits per heavy atom. The molecular weight excluding hydrogens is 254 g/mol. The number of hydrogen-bond donors (Lipinski definition) is 1. The van der Waals surface area contributed by atoms with Crippen LogP contribution in [0.1, 0.15) is 33.3 Å². The van der Waals surface area contributed by atoms with Gasteiger partial charge in [-0.05, 0) is 45.4 Å². The van der Waals surface area contributed by atoms with Crippen molar-refractivity contribution in [1.82, 2.24) is 5.32 Å². The lowest BCUT2D eigenvalue weighted by molar-refractivity contribution is 0.109. The molecule has 0 aliphatic rings. The van der Waals surface area contributed by atoms with E-state index in [2.05, 4.69) is 26.1 Å². The highest BCUT2D eigenvalue weighted by atomic mass is 16.5. The number of benzene rings is 1. The van der Waals surface area contributed by atoms with Gasteiger partial charge in [0.2, 0.25) is 0 Å². The molecule has 0 unspecified atom stereocenters. The molecule has 0 aliphatic carbocycles. The molecular formula is C16H27NO3. The Kier molecular flexibility index (Phi) is 6.82. The molecule has 4 nitrogen and oxygen atoms in total. The molecule has 0 radical (unpaired) electrons. The van der Waals surface area contributed by atoms with Crippen LogP contribution >= 0.6 is 0 Å². The standard InChI is InChI=1S/C16H27NO3/c1-6-19-9-10-20-15-11-13(7-8-14(15)18-5)12-17-16(2,3)4/h7-8,11,17H,6,9-10,12H2,1-5H3. The first-order valence-corrected chi connectivity index (χ1v) is 7.08. The van der Waals surface area contributed by atoms with Crippen LogP contribution in [0.3, 0.4) is 0 Å². The molecule has 0 saturated heterocycles. The molecule has 1 N–H and O–H groups in total. The third-order valence-electron chi connectivity index (χ3n) is 2.74. The molecule has 0 atom stereocenters. The zero-order valence-corrected chi connectivity index (χ0v) is 13.3. The minimum absolute atomic E-state index is 0.0932. The highest BCUT2D eigenvalue weighted by Crippen LogP contribution is 2.28. The molecule has 0 fully saturated rings. The van der Waals surface area contributed by atoms with Gasteiger partial charge < -0.3 is 19.5 Å². The van der Waals surface area contributed by atoms with Crippen LogP contribution in [-0.4, -0.2) is 32.5 Å². The lowest BCUT2D eigenvalue weighted by Gasteiger charge is -2.21. The van der Waals surface area contributed by atoms with E-state index in [0.717, 1.165) is 18.0 Å². The Hall–Kier alpha value is -1.26. The van der Waals surface area contributed by atoms with Crippen molar-refractivity contribution in [3.63, 3.8) is 0 Å². The van der Waals surface area contributed by atoms with Gasteiger partial charge in [0.25, 0.3) is 0 Å². The summed E-state index contributed by atoms with van der Waals surface area (Å²) >= 11 is 0. The van der Waals surface area contributed by atoms with E-state index in [-0.39, 0.29) is 5.54 Å². The van der Waals surface area contributed by atoms with Crippen LogP contribution in [0.4, 0.5) is 0 Å². The highest BCUT2D eigenvalue weighted by molar-refractivity contribution is 5.43. The summed E-state index contributed by atoms with van der Waals surface area (Å²) in [5, 5.41) is 3.46. The summed E-state index contributed by atoms with van der Waals surface area (Å²) in [6.07, 6.45) is 0. The fourth-order valence-corrected chi connectivity index (χ4v) is 1.67. The molecule has 0 bridgehead atoms. The van der Waals surface area contributed by atoms with Gasteiger partial charge in [0.05, 0.1) is 13.7 Å². The second-order valence-electron chi connectivity index (χ2n) is 5.63. The lowest BCUT2D eigenvalue weighted by Crippen LogP contribution is -2.35. The van der Waals surface area contributed by atoms with Crippen LogP contribution in [-0.2, 0) is 11.3 Å². The number of nitrogens with one attached hydrogen (secondary N) is 1. The van der Waals surface area contributed by atoms with Crippen LogP contribution in [0.5, 0.6) is 11.5 Å². The smallest absolute Gasteiger partial charge is 0.161 e. The van der Waals surface area contributed by atoms with Gasteiger partial charge in [-0.1, -0.05) is 6.07 Å². The predicted molar refractivity (Wildman–Crippen MR) is 81.6 cm³/mol. The molecule has 114 valence electrons. The minimum atomic E-state index is 0.0932. The summed E-state index contributed by atoms with van der Waals surface area (Å²) in [7, 11) is 1.65. The summed E-state index contributed by atoms with van der Waals surface area (Å²) < 4.78 is 16.3. The molecule has 1 aromatic carbocycles. The molecule has 0 saturated carbocycles. The van der Waals surface area contributed by atoms with Gasteiger partial charge in [-0.15, -0.1) is 0 Å². The molecule has 1 aromatic rings. The number of rotatable bonds is 8. The van der Waals surface area contributed by atoms with E-state index in [4.69, 9.17) is 14.2 Å². The van der Waals surface area contributed by atoms with E-state index in [0.29, 0.717) is 19.8 Å². The van der Waals surface area contributed by atoms with E-state index >= 15 is 0 Å². The summed E-state index contributed by atoms with van der Waals surface area (Å²) in [6, 6.07) is 6.01. The fourth-order valence-electron chi connectivity index (χ4n) is 1.67. The average molecular weight is 281 g/mol. The van der Waals surface area contributed by atoms with E-state index in [1.54, 1.807) is 7.11 Å². The maximum absolute atomic E-state index is 5.72. The Labute approximate surface area is 122 Å². The Balaban J connectivity index is 2.65. The SMILES string of the molecule is CCOCCOc1cc(CNC(C)(C)C)ccc1OC. The summed E-state index contributed by atoms with van der Waals surface area (Å²) in [6.45, 7) is 11.0. The van der Waals surface area contributed by atoms with Gasteiger partial charge in [0.15, 0.2) is 11.5 Å². The molecule has 0 aromatic heterocycles. The maximum Gasteiger partial charge on any atom is 0.161 e. The molecule has 4 heteroatoms. The number of hydrogen-bond acceptors (Lipinski definition) is 4. The van der Waals surface area contributed by atoms with Crippen molar-refractivity contribution in [3.05, 3.63) is 23.8 Å². The van der Waals surface area contributed by atoms with Crippen molar-refractivity contribution in [2.75, 3.05) is 26.9 Å². The van der Waals surface area contributed by atoms with Crippen molar-refractivity contribution < 1.29 is 14.2 Å². The highest BCUT2D eigenvalue weighted by Gasteiger charge is 2.10. The van der Waals surface area contributed by atoms with Crippen molar-refractivity contribution in [2.24, 2.45) is 0 Å². The number of ether oxygens (including phenoxy) is 3. The van der Waals surface area contributed by atoms with Crippen LogP contribution < -0.4 is 14.8 Å². The first-order chi connectivity index (χ1) is 9.46. The molecule has 0 heterocycles. The lowest BCUT2D eigenvalue weighted by atomic mass is 10.1. The summed E-state index contributed by atoms with van der Waals surface area (Å²) in [4.78, 5) is 0. The molecule has 1 rings (SSSR count). The largest absolute Gasteiger partial charge is 0.493 e. The topological polar surface area (TPSA) is 39.7 Å². The third-order valence-corrected chi connectivity index (χ3v) is 2.74. The van der Waals surface area contributed by atoms with Crippen molar-refractivity contribution >= 4 is 0 Å². The molecule has 0 amide bonds. The van der Waals surface area contributed by atoms with Crippen LogP contribution in [0.15, 0.2) is 18.2 Å². The molecule has 0 aliphatic heterocycles. The predicted octanol–water partition coefficient (Wildman–Crippen LogP) is 3.00. The van der Waals surface area contributed by atoms with E-state index in [9.17, 15) is 0 Å². The van der Waals surface area contributed by atoms with Crippen molar-refractivity contribution in [3.8, 4) is 11.5 Å². The van der Waals surface area contributed by atoms with Gasteiger partial charge in [-0.2, -0.15) is 0 Å². The number of methoxy groups -OCH3 is 1. The van der Waals surface area contributed by atoms with Crippen molar-refractivity contribution in [1.29, 1.82) is 0 Å². The summed E-state index contributed by atoms with van der Waals surface area (Å²) in [5.41, 5.74) is 1.27. The Bertz CT molecular complexity index is 399. The fraction of sp³-hybridized carbons (Fsp3) is 0.625. The van der Waals surface area contributed by atoms with Crippen molar-refractivity contribution in [2.45, 2.75) is 39.8 Å². The quantitative estimate of drug-likeness (QED) is 0.744. The Morgan fingerprint density at radius 3 is 2.45 bits per heavy atom. The normalized spacial score (nSPS) is 11.4. The first-order valence-electron chi connectivity index (χ1n) is 7.08. The minimum Gasteiger partial charge on any atom is -0.493 e. The zero-order valence-electron chi connectivity index (χ0n) is 13.3. The Morgan fingerprint density at radius 1 is 1.10 bits per heavy atom. The van der Waals surface area contributed by atoms with Crippen LogP contribution in [0, 0.1) is 0 Å².